The molecular weight excluding hydrogens is 328 g/mol. The fourth-order valence-electron chi connectivity index (χ4n) is 2.61. The maximum atomic E-state index is 6.35. The third-order valence-electron chi connectivity index (χ3n) is 5.83. The molecule has 0 aliphatic heterocycles. The van der Waals surface area contributed by atoms with Crippen LogP contribution in [0.5, 0.6) is 5.75 Å². The summed E-state index contributed by atoms with van der Waals surface area (Å²) >= 11 is 0. The maximum Gasteiger partial charge on any atom is 0.250 e. The number of hydrogen-bond acceptors (Lipinski definition) is 2. The zero-order valence-electron chi connectivity index (χ0n) is 17.2. The molecule has 0 atom stereocenters. The van der Waals surface area contributed by atoms with Crippen LogP contribution in [-0.4, -0.2) is 23.2 Å². The highest BCUT2D eigenvalue weighted by molar-refractivity contribution is 6.74. The van der Waals surface area contributed by atoms with Crippen molar-refractivity contribution < 1.29 is 8.85 Å². The second-order valence-corrected chi connectivity index (χ2v) is 17.8. The average molecular weight is 367 g/mol. The van der Waals surface area contributed by atoms with Gasteiger partial charge in [0.05, 0.1) is 0 Å². The van der Waals surface area contributed by atoms with Crippen LogP contribution in [-0.2, 0) is 10.8 Å². The minimum Gasteiger partial charge on any atom is -0.544 e. The summed E-state index contributed by atoms with van der Waals surface area (Å²) in [5.41, 5.74) is 1.34. The monoisotopic (exact) mass is 366 g/mol. The third-order valence-corrected chi connectivity index (χ3v) is 14.9. The van der Waals surface area contributed by atoms with Gasteiger partial charge in [0.1, 0.15) is 5.75 Å². The van der Waals surface area contributed by atoms with Gasteiger partial charge in [-0.3, -0.25) is 0 Å². The predicted octanol–water partition coefficient (Wildman–Crippen LogP) is 6.63. The molecule has 2 nitrogen and oxygen atoms in total. The lowest BCUT2D eigenvalue weighted by Crippen LogP contribution is -2.43. The largest absolute Gasteiger partial charge is 0.544 e. The van der Waals surface area contributed by atoms with E-state index in [2.05, 4.69) is 78.9 Å². The molecule has 0 bridgehead atoms. The number of rotatable bonds is 9. The third kappa shape index (κ3) is 5.74. The van der Waals surface area contributed by atoms with Gasteiger partial charge in [-0.05, 0) is 60.4 Å². The van der Waals surface area contributed by atoms with Crippen LogP contribution in [0.15, 0.2) is 24.3 Å². The van der Waals surface area contributed by atoms with Gasteiger partial charge in [0, 0.05) is 6.61 Å². The highest BCUT2D eigenvalue weighted by atomic mass is 28.4. The molecule has 24 heavy (non-hydrogen) atoms. The van der Waals surface area contributed by atoms with Crippen LogP contribution < -0.4 is 4.43 Å². The number of benzene rings is 1. The van der Waals surface area contributed by atoms with Crippen LogP contribution >= 0.6 is 0 Å². The Labute approximate surface area is 152 Å². The molecule has 1 rings (SSSR count). The van der Waals surface area contributed by atoms with Crippen LogP contribution in [0, 0.1) is 0 Å². The first kappa shape index (κ1) is 21.5. The van der Waals surface area contributed by atoms with Gasteiger partial charge in [-0.1, -0.05) is 53.7 Å². The quantitative estimate of drug-likeness (QED) is 0.456. The van der Waals surface area contributed by atoms with Crippen LogP contribution in [0.1, 0.15) is 47.1 Å². The molecule has 0 amide bonds. The van der Waals surface area contributed by atoms with E-state index in [4.69, 9.17) is 8.85 Å². The van der Waals surface area contributed by atoms with Crippen LogP contribution in [0.25, 0.3) is 0 Å². The molecule has 0 fully saturated rings. The van der Waals surface area contributed by atoms with Crippen LogP contribution in [0.2, 0.25) is 36.3 Å². The van der Waals surface area contributed by atoms with Crippen molar-refractivity contribution in [1.29, 1.82) is 0 Å². The molecule has 4 heteroatoms. The van der Waals surface area contributed by atoms with E-state index in [1.807, 2.05) is 0 Å². The summed E-state index contributed by atoms with van der Waals surface area (Å²) in [6, 6.07) is 12.3. The van der Waals surface area contributed by atoms with Gasteiger partial charge in [0.25, 0.3) is 0 Å². The first-order chi connectivity index (χ1) is 11.1. The molecule has 1 aromatic rings. The SMILES string of the molecule is CC[Si](CC)(CC)OCCc1ccc(O[Si](C)(C)C(C)(C)C)cc1. The first-order valence-electron chi connectivity index (χ1n) is 9.51. The van der Waals surface area contributed by atoms with Gasteiger partial charge < -0.3 is 8.85 Å². The van der Waals surface area contributed by atoms with E-state index in [0.29, 0.717) is 0 Å². The Bertz CT molecular complexity index is 477. The van der Waals surface area contributed by atoms with Gasteiger partial charge >= 0.3 is 0 Å². The molecule has 1 aromatic carbocycles. The first-order valence-corrected chi connectivity index (χ1v) is 14.9. The summed E-state index contributed by atoms with van der Waals surface area (Å²) in [7, 11) is -3.20. The molecule has 0 aromatic heterocycles. The van der Waals surface area contributed by atoms with E-state index < -0.39 is 16.6 Å². The second kappa shape index (κ2) is 8.68. The number of hydrogen-bond donors (Lipinski definition) is 0. The summed E-state index contributed by atoms with van der Waals surface area (Å²) in [6.45, 7) is 19.1. The van der Waals surface area contributed by atoms with Crippen molar-refractivity contribution in [2.24, 2.45) is 0 Å². The van der Waals surface area contributed by atoms with Gasteiger partial charge in [-0.25, -0.2) is 0 Å². The van der Waals surface area contributed by atoms with Gasteiger partial charge in [0.2, 0.25) is 8.32 Å². The molecule has 138 valence electrons. The Morgan fingerprint density at radius 1 is 0.875 bits per heavy atom. The van der Waals surface area contributed by atoms with Crippen molar-refractivity contribution in [3.05, 3.63) is 29.8 Å². The second-order valence-electron chi connectivity index (χ2n) is 8.35. The molecule has 0 saturated carbocycles. The van der Waals surface area contributed by atoms with Crippen molar-refractivity contribution in [3.63, 3.8) is 0 Å². The molecule has 0 aliphatic carbocycles. The zero-order chi connectivity index (χ0) is 18.4. The van der Waals surface area contributed by atoms with Crippen molar-refractivity contribution >= 4 is 16.6 Å². The Morgan fingerprint density at radius 2 is 1.38 bits per heavy atom. The van der Waals surface area contributed by atoms with Crippen molar-refractivity contribution in [1.82, 2.24) is 0 Å². The van der Waals surface area contributed by atoms with E-state index in [-0.39, 0.29) is 5.04 Å². The van der Waals surface area contributed by atoms with Crippen LogP contribution in [0.3, 0.4) is 0 Å². The van der Waals surface area contributed by atoms with Crippen molar-refractivity contribution in [2.75, 3.05) is 6.61 Å². The minimum atomic E-state index is -1.75. The van der Waals surface area contributed by atoms with Crippen LogP contribution in [0.4, 0.5) is 0 Å². The predicted molar refractivity (Wildman–Crippen MR) is 111 cm³/mol. The van der Waals surface area contributed by atoms with E-state index in [0.717, 1.165) is 18.8 Å². The van der Waals surface area contributed by atoms with E-state index in [1.165, 1.54) is 23.7 Å². The summed E-state index contributed by atoms with van der Waals surface area (Å²) in [4.78, 5) is 0. The van der Waals surface area contributed by atoms with Gasteiger partial charge in [-0.15, -0.1) is 0 Å². The van der Waals surface area contributed by atoms with Gasteiger partial charge in [-0.2, -0.15) is 0 Å². The lowest BCUT2D eigenvalue weighted by atomic mass is 10.2. The summed E-state index contributed by atoms with van der Waals surface area (Å²) in [5.74, 6) is 1.01. The molecule has 0 spiro atoms. The molecule has 0 heterocycles. The summed E-state index contributed by atoms with van der Waals surface area (Å²) in [5, 5.41) is 0.230. The normalized spacial score (nSPS) is 13.2. The molecule has 0 unspecified atom stereocenters. The molecule has 0 N–H and O–H groups in total. The molecular formula is C20H38O2Si2. The summed E-state index contributed by atoms with van der Waals surface area (Å²) < 4.78 is 12.7. The Kier molecular flexibility index (Phi) is 7.76. The highest BCUT2D eigenvalue weighted by Crippen LogP contribution is 2.37. The van der Waals surface area contributed by atoms with E-state index >= 15 is 0 Å². The molecule has 0 saturated heterocycles. The topological polar surface area (TPSA) is 18.5 Å². The smallest absolute Gasteiger partial charge is 0.250 e. The fourth-order valence-corrected chi connectivity index (χ4v) is 6.29. The van der Waals surface area contributed by atoms with Gasteiger partial charge in [0.15, 0.2) is 8.32 Å². The minimum absolute atomic E-state index is 0.230. The van der Waals surface area contributed by atoms with E-state index in [1.54, 1.807) is 0 Å². The zero-order valence-corrected chi connectivity index (χ0v) is 19.2. The maximum absolute atomic E-state index is 6.35. The average Bonchev–Trinajstić information content (AvgIpc) is 2.52. The Hall–Kier alpha value is -0.586. The standard InChI is InChI=1S/C20H38O2Si2/c1-9-24(10-2,11-3)21-17-16-18-12-14-19(15-13-18)22-23(7,8)20(4,5)6/h12-15H,9-11,16-17H2,1-8H3. The Morgan fingerprint density at radius 3 is 1.79 bits per heavy atom. The lowest BCUT2D eigenvalue weighted by Gasteiger charge is -2.36. The van der Waals surface area contributed by atoms with E-state index in [9.17, 15) is 0 Å². The lowest BCUT2D eigenvalue weighted by molar-refractivity contribution is 0.303. The molecule has 0 radical (unpaired) electrons. The Balaban J connectivity index is 2.60. The van der Waals surface area contributed by atoms with Crippen molar-refractivity contribution in [2.45, 2.75) is 84.2 Å². The van der Waals surface area contributed by atoms with Crippen molar-refractivity contribution in [3.8, 4) is 5.75 Å². The summed E-state index contributed by atoms with van der Waals surface area (Å²) in [6.07, 6.45) is 0.995. The highest BCUT2D eigenvalue weighted by Gasteiger charge is 2.38. The fraction of sp³-hybridized carbons (Fsp3) is 0.700. The molecule has 0 aliphatic rings.